The van der Waals surface area contributed by atoms with Gasteiger partial charge in [-0.15, -0.1) is 0 Å². The first-order valence-corrected chi connectivity index (χ1v) is 12.2. The molecule has 0 saturated heterocycles. The maximum absolute atomic E-state index is 4.99. The van der Waals surface area contributed by atoms with Crippen LogP contribution >= 0.6 is 0 Å². The Balaban J connectivity index is 1.42. The van der Waals surface area contributed by atoms with Crippen LogP contribution in [0.5, 0.6) is 0 Å². The van der Waals surface area contributed by atoms with Gasteiger partial charge in [0, 0.05) is 11.1 Å². The summed E-state index contributed by atoms with van der Waals surface area (Å²) in [6.07, 6.45) is 0. The minimum Gasteiger partial charge on any atom is -0.296 e. The van der Waals surface area contributed by atoms with E-state index in [4.69, 9.17) is 4.98 Å². The van der Waals surface area contributed by atoms with Crippen molar-refractivity contribution in [2.45, 2.75) is 26.2 Å². The predicted octanol–water partition coefficient (Wildman–Crippen LogP) is 8.89. The third-order valence-corrected chi connectivity index (χ3v) is 7.20. The number of rotatable bonds is 2. The maximum atomic E-state index is 4.99. The van der Waals surface area contributed by atoms with Gasteiger partial charge in [-0.05, 0) is 67.7 Å². The second-order valence-electron chi connectivity index (χ2n) is 10.5. The molecule has 0 saturated carbocycles. The van der Waals surface area contributed by atoms with Crippen molar-refractivity contribution < 1.29 is 0 Å². The van der Waals surface area contributed by atoms with Crippen molar-refractivity contribution in [2.75, 3.05) is 0 Å². The van der Waals surface area contributed by atoms with Gasteiger partial charge in [0.1, 0.15) is 5.82 Å². The Bertz CT molecular complexity index is 1850. The van der Waals surface area contributed by atoms with Crippen LogP contribution in [-0.4, -0.2) is 9.55 Å². The molecule has 0 unspecified atom stereocenters. The molecule has 168 valence electrons. The van der Waals surface area contributed by atoms with Gasteiger partial charge in [-0.3, -0.25) is 4.57 Å². The van der Waals surface area contributed by atoms with Crippen molar-refractivity contribution in [3.8, 4) is 16.8 Å². The first-order valence-electron chi connectivity index (χ1n) is 12.2. The van der Waals surface area contributed by atoms with Crippen molar-refractivity contribution >= 4 is 43.4 Å². The third-order valence-electron chi connectivity index (χ3n) is 7.20. The summed E-state index contributed by atoms with van der Waals surface area (Å²) in [5, 5.41) is 7.93. The number of imidazole rings is 1. The van der Waals surface area contributed by atoms with Crippen LogP contribution in [0.1, 0.15) is 26.6 Å². The van der Waals surface area contributed by atoms with E-state index >= 15 is 0 Å². The Hall–Kier alpha value is -4.17. The van der Waals surface area contributed by atoms with Crippen molar-refractivity contribution in [3.63, 3.8) is 0 Å². The average Bonchev–Trinajstić information content (AvgIpc) is 3.28. The fraction of sp³-hybridized carbons (Fsp3) is 0.121. The number of hydrogen-bond acceptors (Lipinski definition) is 1. The molecule has 0 radical (unpaired) electrons. The summed E-state index contributed by atoms with van der Waals surface area (Å²) in [4.78, 5) is 4.99. The van der Waals surface area contributed by atoms with E-state index in [2.05, 4.69) is 128 Å². The van der Waals surface area contributed by atoms with E-state index in [1.807, 2.05) is 0 Å². The summed E-state index contributed by atoms with van der Waals surface area (Å²) < 4.78 is 2.31. The fourth-order valence-corrected chi connectivity index (χ4v) is 5.57. The van der Waals surface area contributed by atoms with Gasteiger partial charge in [0.2, 0.25) is 0 Å². The molecule has 0 spiro atoms. The van der Waals surface area contributed by atoms with E-state index < -0.39 is 0 Å². The monoisotopic (exact) mass is 450 g/mol. The van der Waals surface area contributed by atoms with E-state index in [1.165, 1.54) is 43.4 Å². The zero-order chi connectivity index (χ0) is 23.7. The smallest absolute Gasteiger partial charge is 0.119 e. The van der Waals surface area contributed by atoms with Crippen molar-refractivity contribution in [2.24, 2.45) is 0 Å². The molecule has 2 nitrogen and oxygen atoms in total. The second-order valence-corrected chi connectivity index (χ2v) is 10.5. The molecule has 7 aromatic rings. The first-order chi connectivity index (χ1) is 17.0. The number of benzene rings is 6. The molecule has 0 amide bonds. The molecular weight excluding hydrogens is 424 g/mol. The molecule has 2 heteroatoms. The van der Waals surface area contributed by atoms with Gasteiger partial charge < -0.3 is 0 Å². The molecule has 0 aliphatic rings. The molecule has 0 N–H and O–H groups in total. The van der Waals surface area contributed by atoms with Crippen LogP contribution in [0.4, 0.5) is 0 Å². The average molecular weight is 451 g/mol. The highest BCUT2D eigenvalue weighted by molar-refractivity contribution is 6.25. The molecule has 0 fully saturated rings. The molecule has 0 aliphatic heterocycles. The molecule has 0 bridgehead atoms. The normalized spacial score (nSPS) is 12.4. The number of fused-ring (bicyclic) bond motifs is 1. The standard InChI is InChI=1S/C33H26N2/c1-33(2,3)32-34-28-9-4-5-10-29(28)35(32)25-17-13-21(14-18-25)26-19-15-24-12-11-22-7-6-8-23-16-20-27(26)31(24)30(22)23/h4-20H,1-3H3. The SMILES string of the molecule is CC(C)(C)c1nc2ccccc2n1-c1ccc(-c2ccc3ccc4cccc5ccc2c3c45)cc1. The summed E-state index contributed by atoms with van der Waals surface area (Å²) in [7, 11) is 0. The molecule has 35 heavy (non-hydrogen) atoms. The Labute approximate surface area is 204 Å². The van der Waals surface area contributed by atoms with E-state index in [9.17, 15) is 0 Å². The summed E-state index contributed by atoms with van der Waals surface area (Å²) in [6, 6.07) is 37.5. The highest BCUT2D eigenvalue weighted by atomic mass is 15.1. The predicted molar refractivity (Wildman–Crippen MR) is 149 cm³/mol. The highest BCUT2D eigenvalue weighted by Gasteiger charge is 2.23. The van der Waals surface area contributed by atoms with Gasteiger partial charge in [0.15, 0.2) is 0 Å². The van der Waals surface area contributed by atoms with E-state index in [0.717, 1.165) is 22.5 Å². The van der Waals surface area contributed by atoms with Gasteiger partial charge in [-0.2, -0.15) is 0 Å². The summed E-state index contributed by atoms with van der Waals surface area (Å²) in [6.45, 7) is 6.68. The first kappa shape index (κ1) is 20.2. The van der Waals surface area contributed by atoms with E-state index in [1.54, 1.807) is 0 Å². The quantitative estimate of drug-likeness (QED) is 0.240. The largest absolute Gasteiger partial charge is 0.296 e. The van der Waals surface area contributed by atoms with Gasteiger partial charge in [0.25, 0.3) is 0 Å². The Morgan fingerprint density at radius 2 is 1.26 bits per heavy atom. The highest BCUT2D eigenvalue weighted by Crippen LogP contribution is 2.39. The van der Waals surface area contributed by atoms with Gasteiger partial charge >= 0.3 is 0 Å². The minimum atomic E-state index is -0.0657. The maximum Gasteiger partial charge on any atom is 0.119 e. The molecule has 0 atom stereocenters. The summed E-state index contributed by atoms with van der Waals surface area (Å²) in [5.41, 5.74) is 5.76. The van der Waals surface area contributed by atoms with Crippen molar-refractivity contribution in [1.29, 1.82) is 0 Å². The Morgan fingerprint density at radius 3 is 2.00 bits per heavy atom. The Kier molecular flexibility index (Phi) is 4.14. The second kappa shape index (κ2) is 7.16. The minimum absolute atomic E-state index is 0.0657. The molecule has 1 aromatic heterocycles. The fourth-order valence-electron chi connectivity index (χ4n) is 5.57. The third kappa shape index (κ3) is 2.99. The lowest BCUT2D eigenvalue weighted by atomic mass is 9.90. The lowest BCUT2D eigenvalue weighted by molar-refractivity contribution is 0.539. The van der Waals surface area contributed by atoms with Crippen LogP contribution in [0.2, 0.25) is 0 Å². The van der Waals surface area contributed by atoms with Gasteiger partial charge in [-0.25, -0.2) is 4.98 Å². The number of nitrogens with zero attached hydrogens (tertiary/aromatic N) is 2. The van der Waals surface area contributed by atoms with Crippen LogP contribution in [-0.2, 0) is 5.41 Å². The lowest BCUT2D eigenvalue weighted by Gasteiger charge is -2.20. The molecular formula is C33H26N2. The number of aromatic nitrogens is 2. The summed E-state index contributed by atoms with van der Waals surface area (Å²) in [5.74, 6) is 1.08. The van der Waals surface area contributed by atoms with Crippen LogP contribution in [0.3, 0.4) is 0 Å². The zero-order valence-corrected chi connectivity index (χ0v) is 20.2. The zero-order valence-electron chi connectivity index (χ0n) is 20.2. The Morgan fingerprint density at radius 1 is 0.600 bits per heavy atom. The van der Waals surface area contributed by atoms with Crippen molar-refractivity contribution in [1.82, 2.24) is 9.55 Å². The lowest BCUT2D eigenvalue weighted by Crippen LogP contribution is -2.18. The van der Waals surface area contributed by atoms with Crippen molar-refractivity contribution in [3.05, 3.63) is 109 Å². The van der Waals surface area contributed by atoms with Crippen LogP contribution < -0.4 is 0 Å². The molecule has 1 heterocycles. The number of para-hydroxylation sites is 2. The molecule has 0 aliphatic carbocycles. The van der Waals surface area contributed by atoms with Crippen LogP contribution in [0.25, 0.3) is 60.2 Å². The summed E-state index contributed by atoms with van der Waals surface area (Å²) >= 11 is 0. The van der Waals surface area contributed by atoms with Gasteiger partial charge in [0.05, 0.1) is 11.0 Å². The van der Waals surface area contributed by atoms with E-state index in [0.29, 0.717) is 0 Å². The van der Waals surface area contributed by atoms with Gasteiger partial charge in [-0.1, -0.05) is 99.6 Å². The molecule has 7 rings (SSSR count). The van der Waals surface area contributed by atoms with Crippen LogP contribution in [0, 0.1) is 0 Å². The topological polar surface area (TPSA) is 17.8 Å². The number of hydrogen-bond donors (Lipinski definition) is 0. The molecule has 6 aromatic carbocycles. The van der Waals surface area contributed by atoms with E-state index in [-0.39, 0.29) is 5.41 Å². The van der Waals surface area contributed by atoms with Crippen LogP contribution in [0.15, 0.2) is 103 Å².